The van der Waals surface area contributed by atoms with Crippen LogP contribution in [0.4, 0.5) is 4.79 Å². The third kappa shape index (κ3) is 1.77. The molecule has 1 amide bonds. The number of nitrogens with one attached hydrogen (secondary N) is 1. The lowest BCUT2D eigenvalue weighted by molar-refractivity contribution is -0.140. The predicted molar refractivity (Wildman–Crippen MR) is 48.3 cm³/mol. The second kappa shape index (κ2) is 3.69. The Bertz CT molecular complexity index is 282. The smallest absolute Gasteiger partial charge is 0.407 e. The number of ether oxygens (including phenoxy) is 2. The van der Waals surface area contributed by atoms with Gasteiger partial charge in [0.05, 0.1) is 20.3 Å². The molecule has 2 unspecified atom stereocenters. The fourth-order valence-electron chi connectivity index (χ4n) is 2.29. The monoisotopic (exact) mass is 215 g/mol. The Balaban J connectivity index is 1.96. The van der Waals surface area contributed by atoms with Gasteiger partial charge in [-0.05, 0) is 11.8 Å². The SMILES string of the molecule is COC(=O)NC(C(=O)O)C1[C@H]2COC[C@@H]12. The van der Waals surface area contributed by atoms with E-state index in [0.717, 1.165) is 0 Å². The van der Waals surface area contributed by atoms with Crippen molar-refractivity contribution in [3.8, 4) is 0 Å². The summed E-state index contributed by atoms with van der Waals surface area (Å²) in [6.45, 7) is 1.20. The maximum Gasteiger partial charge on any atom is 0.407 e. The highest BCUT2D eigenvalue weighted by Crippen LogP contribution is 2.52. The molecule has 6 heteroatoms. The van der Waals surface area contributed by atoms with Crippen molar-refractivity contribution in [3.63, 3.8) is 0 Å². The molecule has 0 bridgehead atoms. The first-order valence-corrected chi connectivity index (χ1v) is 4.80. The molecule has 0 aromatic carbocycles. The summed E-state index contributed by atoms with van der Waals surface area (Å²) < 4.78 is 9.55. The molecule has 0 radical (unpaired) electrons. The highest BCUT2D eigenvalue weighted by Gasteiger charge is 2.59. The normalized spacial score (nSPS) is 34.1. The van der Waals surface area contributed by atoms with Crippen molar-refractivity contribution >= 4 is 12.1 Å². The Morgan fingerprint density at radius 3 is 2.53 bits per heavy atom. The number of hydrogen-bond acceptors (Lipinski definition) is 4. The molecule has 2 N–H and O–H groups in total. The van der Waals surface area contributed by atoms with E-state index in [1.54, 1.807) is 0 Å². The zero-order chi connectivity index (χ0) is 11.0. The first-order valence-electron chi connectivity index (χ1n) is 4.80. The van der Waals surface area contributed by atoms with E-state index < -0.39 is 18.1 Å². The van der Waals surface area contributed by atoms with E-state index in [1.807, 2.05) is 0 Å². The third-order valence-electron chi connectivity index (χ3n) is 3.13. The van der Waals surface area contributed by atoms with Crippen molar-refractivity contribution in [1.82, 2.24) is 5.32 Å². The van der Waals surface area contributed by atoms with E-state index in [4.69, 9.17) is 9.84 Å². The third-order valence-corrected chi connectivity index (χ3v) is 3.13. The van der Waals surface area contributed by atoms with Gasteiger partial charge < -0.3 is 19.9 Å². The summed E-state index contributed by atoms with van der Waals surface area (Å²) in [5.41, 5.74) is 0. The summed E-state index contributed by atoms with van der Waals surface area (Å²) in [4.78, 5) is 21.9. The van der Waals surface area contributed by atoms with E-state index >= 15 is 0 Å². The lowest BCUT2D eigenvalue weighted by Gasteiger charge is -2.15. The molecule has 15 heavy (non-hydrogen) atoms. The minimum Gasteiger partial charge on any atom is -0.480 e. The van der Waals surface area contributed by atoms with Gasteiger partial charge in [-0.15, -0.1) is 0 Å². The molecular weight excluding hydrogens is 202 g/mol. The van der Waals surface area contributed by atoms with Gasteiger partial charge in [0, 0.05) is 5.92 Å². The zero-order valence-electron chi connectivity index (χ0n) is 8.30. The van der Waals surface area contributed by atoms with Crippen LogP contribution in [0.3, 0.4) is 0 Å². The highest BCUT2D eigenvalue weighted by atomic mass is 16.5. The summed E-state index contributed by atoms with van der Waals surface area (Å²) in [5, 5.41) is 11.3. The second-order valence-corrected chi connectivity index (χ2v) is 3.89. The second-order valence-electron chi connectivity index (χ2n) is 3.89. The maximum absolute atomic E-state index is 11.0. The number of fused-ring (bicyclic) bond motifs is 1. The Labute approximate surface area is 86.5 Å². The van der Waals surface area contributed by atoms with E-state index in [-0.39, 0.29) is 17.8 Å². The molecule has 1 saturated carbocycles. The molecule has 6 nitrogen and oxygen atoms in total. The van der Waals surface area contributed by atoms with Crippen molar-refractivity contribution in [1.29, 1.82) is 0 Å². The quantitative estimate of drug-likeness (QED) is 0.674. The molecule has 4 atom stereocenters. The van der Waals surface area contributed by atoms with Crippen molar-refractivity contribution in [2.24, 2.45) is 17.8 Å². The van der Waals surface area contributed by atoms with Gasteiger partial charge in [0.1, 0.15) is 6.04 Å². The van der Waals surface area contributed by atoms with Crippen LogP contribution in [-0.2, 0) is 14.3 Å². The number of rotatable bonds is 3. The van der Waals surface area contributed by atoms with Gasteiger partial charge in [-0.25, -0.2) is 9.59 Å². The number of carbonyl (C=O) groups is 2. The Morgan fingerprint density at radius 2 is 2.07 bits per heavy atom. The summed E-state index contributed by atoms with van der Waals surface area (Å²) in [6, 6.07) is -0.851. The van der Waals surface area contributed by atoms with E-state index in [2.05, 4.69) is 10.1 Å². The summed E-state index contributed by atoms with van der Waals surface area (Å²) in [6.07, 6.45) is -0.701. The number of amides is 1. The van der Waals surface area contributed by atoms with Crippen LogP contribution in [0.5, 0.6) is 0 Å². The Morgan fingerprint density at radius 1 is 1.47 bits per heavy atom. The van der Waals surface area contributed by atoms with Crippen LogP contribution < -0.4 is 5.32 Å². The van der Waals surface area contributed by atoms with Gasteiger partial charge in [-0.2, -0.15) is 0 Å². The molecule has 0 aromatic rings. The number of carbonyl (C=O) groups excluding carboxylic acids is 1. The molecule has 0 aromatic heterocycles. The summed E-state index contributed by atoms with van der Waals surface area (Å²) >= 11 is 0. The van der Waals surface area contributed by atoms with Crippen molar-refractivity contribution in [2.45, 2.75) is 6.04 Å². The van der Waals surface area contributed by atoms with Crippen LogP contribution in [0, 0.1) is 17.8 Å². The minimum absolute atomic E-state index is 0.00431. The van der Waals surface area contributed by atoms with Crippen molar-refractivity contribution in [2.75, 3.05) is 20.3 Å². The average Bonchev–Trinajstić information content (AvgIpc) is 2.68. The van der Waals surface area contributed by atoms with Crippen LogP contribution in [0.1, 0.15) is 0 Å². The van der Waals surface area contributed by atoms with Crippen LogP contribution in [0.25, 0.3) is 0 Å². The average molecular weight is 215 g/mol. The number of aliphatic carboxylic acids is 1. The van der Waals surface area contributed by atoms with Crippen LogP contribution in [0.2, 0.25) is 0 Å². The van der Waals surface area contributed by atoms with E-state index in [9.17, 15) is 9.59 Å². The van der Waals surface area contributed by atoms with Gasteiger partial charge >= 0.3 is 12.1 Å². The van der Waals surface area contributed by atoms with E-state index in [0.29, 0.717) is 13.2 Å². The largest absolute Gasteiger partial charge is 0.480 e. The van der Waals surface area contributed by atoms with E-state index in [1.165, 1.54) is 7.11 Å². The van der Waals surface area contributed by atoms with Gasteiger partial charge in [0.2, 0.25) is 0 Å². The molecule has 84 valence electrons. The molecule has 1 saturated heterocycles. The summed E-state index contributed by atoms with van der Waals surface area (Å²) in [7, 11) is 1.21. The number of carboxylic acids is 1. The first-order chi connectivity index (χ1) is 7.15. The fourth-order valence-corrected chi connectivity index (χ4v) is 2.29. The van der Waals surface area contributed by atoms with Crippen molar-refractivity contribution in [3.05, 3.63) is 0 Å². The van der Waals surface area contributed by atoms with Gasteiger partial charge in [-0.3, -0.25) is 0 Å². The van der Waals surface area contributed by atoms with Gasteiger partial charge in [-0.1, -0.05) is 0 Å². The lowest BCUT2D eigenvalue weighted by atomic mass is 10.1. The topological polar surface area (TPSA) is 84.9 Å². The molecule has 1 aliphatic carbocycles. The molecule has 2 aliphatic rings. The standard InChI is InChI=1S/C9H13NO5/c1-14-9(13)10-7(8(11)12)6-4-2-15-3-5(4)6/h4-7H,2-3H2,1H3,(H,10,13)(H,11,12)/t4-,5+,6?,7?. The fraction of sp³-hybridized carbons (Fsp3) is 0.778. The first kappa shape index (κ1) is 10.2. The Kier molecular flexibility index (Phi) is 2.52. The molecule has 2 fully saturated rings. The number of alkyl carbamates (subject to hydrolysis) is 1. The molecular formula is C9H13NO5. The van der Waals surface area contributed by atoms with Crippen LogP contribution in [0.15, 0.2) is 0 Å². The maximum atomic E-state index is 11.0. The highest BCUT2D eigenvalue weighted by molar-refractivity contribution is 5.80. The molecule has 1 heterocycles. The molecule has 1 aliphatic heterocycles. The minimum atomic E-state index is -1.01. The lowest BCUT2D eigenvalue weighted by Crippen LogP contribution is -2.43. The Hall–Kier alpha value is -1.30. The summed E-state index contributed by atoms with van der Waals surface area (Å²) in [5.74, 6) is -0.457. The van der Waals surface area contributed by atoms with Gasteiger partial charge in [0.15, 0.2) is 0 Å². The number of methoxy groups -OCH3 is 1. The van der Waals surface area contributed by atoms with Crippen LogP contribution >= 0.6 is 0 Å². The van der Waals surface area contributed by atoms with Crippen molar-refractivity contribution < 1.29 is 24.2 Å². The van der Waals surface area contributed by atoms with Crippen LogP contribution in [-0.4, -0.2) is 43.5 Å². The predicted octanol–water partition coefficient (Wildman–Crippen LogP) is -0.312. The molecule has 2 rings (SSSR count). The number of hydrogen-bond donors (Lipinski definition) is 2. The molecule has 0 spiro atoms. The zero-order valence-corrected chi connectivity index (χ0v) is 8.30. The number of carboxylic acid groups (broad SMARTS) is 1. The van der Waals surface area contributed by atoms with Gasteiger partial charge in [0.25, 0.3) is 0 Å².